The van der Waals surface area contributed by atoms with Crippen LogP contribution in [-0.2, 0) is 25.9 Å². The number of nitrogens with zero attached hydrogens (tertiary/aromatic N) is 5. The topological polar surface area (TPSA) is 75.9 Å². The lowest BCUT2D eigenvalue weighted by molar-refractivity contribution is 0.0953. The highest BCUT2D eigenvalue weighted by molar-refractivity contribution is 5.95. The number of para-hydroxylation sites is 1. The van der Waals surface area contributed by atoms with Gasteiger partial charge in [-0.15, -0.1) is 10.2 Å². The Labute approximate surface area is 199 Å². The quantitative estimate of drug-likeness (QED) is 0.483. The van der Waals surface area contributed by atoms with Crippen LogP contribution in [0.2, 0.25) is 0 Å². The summed E-state index contributed by atoms with van der Waals surface area (Å²) < 4.78 is 2.23. The summed E-state index contributed by atoms with van der Waals surface area (Å²) in [6.45, 7) is 8.17. The summed E-state index contributed by atoms with van der Waals surface area (Å²) in [5.74, 6) is 1.92. The maximum atomic E-state index is 12.6. The van der Waals surface area contributed by atoms with Gasteiger partial charge in [0.05, 0.1) is 5.52 Å². The molecule has 0 aliphatic carbocycles. The Morgan fingerprint density at radius 1 is 1.03 bits per heavy atom. The monoisotopic (exact) mass is 454 g/mol. The first kappa shape index (κ1) is 22.2. The molecule has 1 amide bonds. The van der Waals surface area contributed by atoms with Gasteiger partial charge in [0, 0.05) is 62.7 Å². The molecule has 1 aliphatic rings. The van der Waals surface area contributed by atoms with Gasteiger partial charge in [0.15, 0.2) is 0 Å². The van der Waals surface area contributed by atoms with Crippen molar-refractivity contribution in [1.82, 2.24) is 30.0 Å². The molecule has 0 radical (unpaired) electrons. The first-order chi connectivity index (χ1) is 16.6. The summed E-state index contributed by atoms with van der Waals surface area (Å²) in [4.78, 5) is 19.6. The van der Waals surface area contributed by atoms with Gasteiger partial charge in [0.1, 0.15) is 11.6 Å². The molecule has 7 nitrogen and oxygen atoms in total. The Morgan fingerprint density at radius 3 is 2.79 bits per heavy atom. The van der Waals surface area contributed by atoms with E-state index < -0.39 is 0 Å². The lowest BCUT2D eigenvalue weighted by Crippen LogP contribution is -2.28. The van der Waals surface area contributed by atoms with E-state index in [2.05, 4.69) is 54.2 Å². The van der Waals surface area contributed by atoms with Crippen LogP contribution in [0.25, 0.3) is 10.9 Å². The zero-order valence-electron chi connectivity index (χ0n) is 19.8. The number of aryl methyl sites for hydroxylation is 2. The SMILES string of the molecule is Cc1ccc(C(=O)NCCc2nnc3n2CCN(Cc2ccnc4ccccc24)CC3)c(C)c1. The molecule has 0 atom stereocenters. The lowest BCUT2D eigenvalue weighted by atomic mass is 10.1. The van der Waals surface area contributed by atoms with E-state index in [0.29, 0.717) is 13.0 Å². The smallest absolute Gasteiger partial charge is 0.251 e. The summed E-state index contributed by atoms with van der Waals surface area (Å²) >= 11 is 0. The van der Waals surface area contributed by atoms with Crippen LogP contribution in [0.5, 0.6) is 0 Å². The molecular weight excluding hydrogens is 424 g/mol. The van der Waals surface area contributed by atoms with E-state index >= 15 is 0 Å². The second-order valence-corrected chi connectivity index (χ2v) is 9.02. The molecule has 0 fully saturated rings. The van der Waals surface area contributed by atoms with Crippen LogP contribution >= 0.6 is 0 Å². The van der Waals surface area contributed by atoms with Crippen LogP contribution in [0.3, 0.4) is 0 Å². The molecular formula is C27H30N6O. The summed E-state index contributed by atoms with van der Waals surface area (Å²) in [6.07, 6.45) is 3.43. The second kappa shape index (κ2) is 9.73. The van der Waals surface area contributed by atoms with Crippen LogP contribution in [0.4, 0.5) is 0 Å². The Morgan fingerprint density at radius 2 is 1.91 bits per heavy atom. The number of hydrogen-bond donors (Lipinski definition) is 1. The number of nitrogens with one attached hydrogen (secondary N) is 1. The van der Waals surface area contributed by atoms with E-state index in [9.17, 15) is 4.79 Å². The Kier molecular flexibility index (Phi) is 6.36. The predicted molar refractivity (Wildman–Crippen MR) is 133 cm³/mol. The molecule has 1 aliphatic heterocycles. The normalized spacial score (nSPS) is 14.1. The molecule has 1 N–H and O–H groups in total. The predicted octanol–water partition coefficient (Wildman–Crippen LogP) is 3.47. The average Bonchev–Trinajstić information content (AvgIpc) is 3.10. The standard InChI is InChI=1S/C27H30N6O/c1-19-7-8-22(20(2)17-19)27(34)29-13-10-25-30-31-26-11-14-32(15-16-33(25)26)18-21-9-12-28-24-6-4-3-5-23(21)24/h3-9,12,17H,10-11,13-16,18H2,1-2H3,(H,29,34). The second-order valence-electron chi connectivity index (χ2n) is 9.02. The third kappa shape index (κ3) is 4.70. The van der Waals surface area contributed by atoms with Gasteiger partial charge in [0.2, 0.25) is 0 Å². The molecule has 7 heteroatoms. The Hall–Kier alpha value is -3.58. The molecule has 0 unspecified atom stereocenters. The Bertz CT molecular complexity index is 1320. The molecule has 0 saturated heterocycles. The lowest BCUT2D eigenvalue weighted by Gasteiger charge is -2.20. The van der Waals surface area contributed by atoms with E-state index in [0.717, 1.165) is 66.5 Å². The fourth-order valence-corrected chi connectivity index (χ4v) is 4.76. The van der Waals surface area contributed by atoms with Gasteiger partial charge in [-0.1, -0.05) is 35.9 Å². The molecule has 174 valence electrons. The van der Waals surface area contributed by atoms with Crippen LogP contribution in [0, 0.1) is 13.8 Å². The number of hydrogen-bond acceptors (Lipinski definition) is 5. The van der Waals surface area contributed by atoms with Gasteiger partial charge >= 0.3 is 0 Å². The number of fused-ring (bicyclic) bond motifs is 2. The van der Waals surface area contributed by atoms with Crippen molar-refractivity contribution in [3.8, 4) is 0 Å². The van der Waals surface area contributed by atoms with Crippen LogP contribution in [0.1, 0.15) is 38.7 Å². The van der Waals surface area contributed by atoms with Crippen LogP contribution in [-0.4, -0.2) is 50.2 Å². The minimum absolute atomic E-state index is 0.0381. The van der Waals surface area contributed by atoms with Crippen molar-refractivity contribution in [3.63, 3.8) is 0 Å². The van der Waals surface area contributed by atoms with Crippen LogP contribution < -0.4 is 5.32 Å². The van der Waals surface area contributed by atoms with Crippen molar-refractivity contribution in [3.05, 3.63) is 88.6 Å². The zero-order chi connectivity index (χ0) is 23.5. The highest BCUT2D eigenvalue weighted by atomic mass is 16.1. The minimum atomic E-state index is -0.0381. The molecule has 2 aromatic carbocycles. The first-order valence-corrected chi connectivity index (χ1v) is 11.9. The van der Waals surface area contributed by atoms with Gasteiger partial charge < -0.3 is 9.88 Å². The minimum Gasteiger partial charge on any atom is -0.352 e. The summed E-state index contributed by atoms with van der Waals surface area (Å²) in [7, 11) is 0. The van der Waals surface area contributed by atoms with Gasteiger partial charge in [-0.2, -0.15) is 0 Å². The number of aromatic nitrogens is 4. The van der Waals surface area contributed by atoms with E-state index in [4.69, 9.17) is 0 Å². The zero-order valence-corrected chi connectivity index (χ0v) is 19.8. The average molecular weight is 455 g/mol. The van der Waals surface area contributed by atoms with Gasteiger partial charge in [0.25, 0.3) is 5.91 Å². The van der Waals surface area contributed by atoms with Gasteiger partial charge in [-0.05, 0) is 43.2 Å². The largest absolute Gasteiger partial charge is 0.352 e. The first-order valence-electron chi connectivity index (χ1n) is 11.9. The van der Waals surface area contributed by atoms with Crippen molar-refractivity contribution in [2.75, 3.05) is 19.6 Å². The molecule has 34 heavy (non-hydrogen) atoms. The molecule has 5 rings (SSSR count). The highest BCUT2D eigenvalue weighted by Crippen LogP contribution is 2.19. The third-order valence-electron chi connectivity index (χ3n) is 6.59. The number of carbonyl (C=O) groups excluding carboxylic acids is 1. The molecule has 0 spiro atoms. The third-order valence-corrected chi connectivity index (χ3v) is 6.59. The van der Waals surface area contributed by atoms with E-state index in [-0.39, 0.29) is 5.91 Å². The number of carbonyl (C=O) groups is 1. The van der Waals surface area contributed by atoms with E-state index in [1.54, 1.807) is 0 Å². The number of benzene rings is 2. The number of amides is 1. The van der Waals surface area contributed by atoms with Gasteiger partial charge in [-0.25, -0.2) is 0 Å². The maximum absolute atomic E-state index is 12.6. The van der Waals surface area contributed by atoms with Crippen LogP contribution in [0.15, 0.2) is 54.7 Å². The highest BCUT2D eigenvalue weighted by Gasteiger charge is 2.19. The summed E-state index contributed by atoms with van der Waals surface area (Å²) in [6, 6.07) is 16.3. The summed E-state index contributed by atoms with van der Waals surface area (Å²) in [5, 5.41) is 13.1. The van der Waals surface area contributed by atoms with Crippen molar-refractivity contribution in [2.24, 2.45) is 0 Å². The number of pyridine rings is 1. The van der Waals surface area contributed by atoms with Crippen molar-refractivity contribution < 1.29 is 4.79 Å². The molecule has 2 aromatic heterocycles. The fraction of sp³-hybridized carbons (Fsp3) is 0.333. The fourth-order valence-electron chi connectivity index (χ4n) is 4.76. The molecule has 0 bridgehead atoms. The molecule has 0 saturated carbocycles. The number of rotatable bonds is 6. The van der Waals surface area contributed by atoms with E-state index in [1.807, 2.05) is 44.3 Å². The maximum Gasteiger partial charge on any atom is 0.251 e. The van der Waals surface area contributed by atoms with Gasteiger partial charge in [-0.3, -0.25) is 14.7 Å². The van der Waals surface area contributed by atoms with Crippen molar-refractivity contribution in [2.45, 2.75) is 39.8 Å². The van der Waals surface area contributed by atoms with E-state index in [1.165, 1.54) is 10.9 Å². The van der Waals surface area contributed by atoms with Crippen molar-refractivity contribution >= 4 is 16.8 Å². The summed E-state index contributed by atoms with van der Waals surface area (Å²) in [5.41, 5.74) is 5.22. The van der Waals surface area contributed by atoms with Crippen molar-refractivity contribution in [1.29, 1.82) is 0 Å². The molecule has 3 heterocycles. The molecule has 4 aromatic rings. The Balaban J connectivity index is 1.20.